The Morgan fingerprint density at radius 1 is 0.836 bits per heavy atom. The van der Waals surface area contributed by atoms with Gasteiger partial charge >= 0.3 is 30.1 Å². The van der Waals surface area contributed by atoms with Crippen LogP contribution in [0, 0.1) is 19.1 Å². The summed E-state index contributed by atoms with van der Waals surface area (Å²) in [4.78, 5) is 38.6. The first-order valence-electron chi connectivity index (χ1n) is 16.6. The molecule has 3 heterocycles. The summed E-state index contributed by atoms with van der Waals surface area (Å²) in [6, 6.07) is 7.96. The number of hydrogen-bond donors (Lipinski definition) is 8. The summed E-state index contributed by atoms with van der Waals surface area (Å²) in [5.41, 5.74) is -1.21. The molecular weight excluding hydrogens is 881 g/mol. The van der Waals surface area contributed by atoms with Crippen LogP contribution in [-0.4, -0.2) is 93.8 Å². The third kappa shape index (κ3) is 12.1. The van der Waals surface area contributed by atoms with Crippen LogP contribution in [0.15, 0.2) is 67.3 Å². The van der Waals surface area contributed by atoms with E-state index < -0.39 is 94.7 Å². The van der Waals surface area contributed by atoms with Crippen LogP contribution in [0.3, 0.4) is 0 Å². The Labute approximate surface area is 343 Å². The Morgan fingerprint density at radius 2 is 1.39 bits per heavy atom. The number of nitrogens with zero attached hydrogens (tertiary/aromatic N) is 9. The van der Waals surface area contributed by atoms with Crippen LogP contribution in [0.25, 0.3) is 0 Å². The molecule has 3 aromatic heterocycles. The standard InChI is InChI=1S/C29H30BF2N14O12S3/c1-3-46-22(47)18(13-57-33)14(2)21(23(46)48)45-44-19-12-16(6-9-20(19)60(51,52)53)35-27-37-25(32)39-29(41-27)43-30-42-28-38-24(31)36-26(40-28)34-15-4-7-17(8-5-15)59(49,50)11-10-58-61(54,55)56/h4-9,12,47H,3,10-11,13,33H2,1-2H3,(H,51,52,53)(H,54,55,56)(H2,34,36,38,40,42)(H2,35,37,39,41,43). The van der Waals surface area contributed by atoms with E-state index in [-0.39, 0.29) is 52.2 Å². The van der Waals surface area contributed by atoms with Gasteiger partial charge in [-0.2, -0.15) is 55.5 Å². The average Bonchev–Trinajstić information content (AvgIpc) is 3.15. The Balaban J connectivity index is 1.28. The Morgan fingerprint density at radius 3 is 1.93 bits per heavy atom. The molecule has 0 aliphatic heterocycles. The number of sulfone groups is 1. The van der Waals surface area contributed by atoms with Crippen molar-refractivity contribution in [2.75, 3.05) is 33.4 Å². The van der Waals surface area contributed by atoms with Crippen LogP contribution in [0.4, 0.5) is 55.3 Å². The molecule has 5 aromatic rings. The van der Waals surface area contributed by atoms with Gasteiger partial charge in [0.2, 0.25) is 23.8 Å². The molecule has 0 spiro atoms. The second-order valence-electron chi connectivity index (χ2n) is 11.8. The molecule has 61 heavy (non-hydrogen) atoms. The maximum Gasteiger partial charge on any atom is 0.397 e. The summed E-state index contributed by atoms with van der Waals surface area (Å²) in [6.07, 6.45) is -2.57. The van der Waals surface area contributed by atoms with E-state index in [9.17, 15) is 48.5 Å². The quantitative estimate of drug-likeness (QED) is 0.0253. The third-order valence-corrected chi connectivity index (χ3v) is 10.8. The van der Waals surface area contributed by atoms with Gasteiger partial charge in [-0.3, -0.25) is 23.3 Å². The number of azo groups is 1. The first-order chi connectivity index (χ1) is 28.7. The number of aromatic nitrogens is 7. The lowest BCUT2D eigenvalue weighted by Gasteiger charge is -2.14. The van der Waals surface area contributed by atoms with Crippen LogP contribution >= 0.6 is 0 Å². The van der Waals surface area contributed by atoms with Gasteiger partial charge in [0.25, 0.3) is 15.7 Å². The van der Waals surface area contributed by atoms with E-state index in [1.54, 1.807) is 6.92 Å². The van der Waals surface area contributed by atoms with Gasteiger partial charge < -0.3 is 26.2 Å². The molecule has 32 heteroatoms. The minimum Gasteiger partial charge on any atom is -0.494 e. The van der Waals surface area contributed by atoms with Crippen LogP contribution in [0.5, 0.6) is 5.88 Å². The van der Waals surface area contributed by atoms with Gasteiger partial charge in [-0.1, -0.05) is 0 Å². The Kier molecular flexibility index (Phi) is 14.1. The molecule has 0 aliphatic carbocycles. The highest BCUT2D eigenvalue weighted by atomic mass is 32.3. The van der Waals surface area contributed by atoms with Gasteiger partial charge in [0.05, 0.1) is 23.9 Å². The number of nitrogens with two attached hydrogens (primary N) is 1. The van der Waals surface area contributed by atoms with Crippen molar-refractivity contribution >= 4 is 84.4 Å². The summed E-state index contributed by atoms with van der Waals surface area (Å²) in [7, 11) is -12.8. The molecule has 0 amide bonds. The van der Waals surface area contributed by atoms with Gasteiger partial charge in [0.1, 0.15) is 10.6 Å². The van der Waals surface area contributed by atoms with Crippen LogP contribution < -0.4 is 32.5 Å². The molecule has 0 atom stereocenters. The van der Waals surface area contributed by atoms with E-state index in [0.717, 1.165) is 42.4 Å². The molecule has 323 valence electrons. The van der Waals surface area contributed by atoms with Crippen molar-refractivity contribution in [3.8, 4) is 5.88 Å². The SMILES string of the molecule is CCn1c(O)c(CON)c(C)c(N=Nc2cc(Nc3nc(F)nc(N[B]Nc4nc(F)nc(Nc5ccc(S(=O)(=O)CCOS(=O)(=O)O)cc5)n4)n3)ccc2S(=O)(=O)O)c1=O. The highest BCUT2D eigenvalue weighted by Gasteiger charge is 2.21. The average molecular weight is 912 g/mol. The predicted molar refractivity (Wildman–Crippen MR) is 207 cm³/mol. The molecule has 0 saturated heterocycles. The van der Waals surface area contributed by atoms with E-state index in [2.05, 4.69) is 70.2 Å². The number of pyridine rings is 1. The Bertz CT molecular complexity index is 2880. The number of nitrogens with one attached hydrogen (secondary N) is 4. The number of halogens is 2. The number of anilines is 6. The van der Waals surface area contributed by atoms with Crippen molar-refractivity contribution in [3.63, 3.8) is 0 Å². The third-order valence-electron chi connectivity index (χ3n) is 7.75. The lowest BCUT2D eigenvalue weighted by atomic mass is 10.1. The molecule has 0 fully saturated rings. The van der Waals surface area contributed by atoms with Crippen molar-refractivity contribution in [3.05, 3.63) is 76.1 Å². The molecule has 9 N–H and O–H groups in total. The van der Waals surface area contributed by atoms with Crippen molar-refractivity contribution in [1.29, 1.82) is 0 Å². The number of benzene rings is 2. The fourth-order valence-corrected chi connectivity index (χ4v) is 7.09. The van der Waals surface area contributed by atoms with Gasteiger partial charge in [-0.05, 0) is 61.9 Å². The normalized spacial score (nSPS) is 12.0. The molecule has 5 rings (SSSR count). The highest BCUT2D eigenvalue weighted by Crippen LogP contribution is 2.32. The zero-order chi connectivity index (χ0) is 44.7. The smallest absolute Gasteiger partial charge is 0.397 e. The molecule has 0 saturated carbocycles. The van der Waals surface area contributed by atoms with Gasteiger partial charge in [-0.15, -0.1) is 10.2 Å². The fourth-order valence-electron chi connectivity index (χ4n) is 5.00. The number of aromatic hydroxyl groups is 1. The molecule has 2 aromatic carbocycles. The van der Waals surface area contributed by atoms with Crippen LogP contribution in [0.2, 0.25) is 0 Å². The predicted octanol–water partition coefficient (Wildman–Crippen LogP) is 1.72. The fraction of sp³-hybridized carbons (Fsp3) is 0.207. The zero-order valence-electron chi connectivity index (χ0n) is 31.0. The van der Waals surface area contributed by atoms with Crippen LogP contribution in [-0.2, 0) is 52.5 Å². The van der Waals surface area contributed by atoms with E-state index in [0.29, 0.717) is 0 Å². The van der Waals surface area contributed by atoms with E-state index >= 15 is 0 Å². The largest absolute Gasteiger partial charge is 0.494 e. The highest BCUT2D eigenvalue weighted by molar-refractivity contribution is 7.91. The second kappa shape index (κ2) is 18.9. The second-order valence-corrected chi connectivity index (χ2v) is 16.4. The van der Waals surface area contributed by atoms with Crippen molar-refractivity contribution in [2.24, 2.45) is 16.1 Å². The first-order valence-corrected chi connectivity index (χ1v) is 21.1. The summed E-state index contributed by atoms with van der Waals surface area (Å²) < 4.78 is 123. The maximum atomic E-state index is 14.5. The van der Waals surface area contributed by atoms with E-state index in [1.807, 2.05) is 0 Å². The molecular formula is C29H30BF2N14O12S3. The number of rotatable bonds is 19. The minimum absolute atomic E-state index is 0.00495. The molecule has 0 unspecified atom stereocenters. The van der Waals surface area contributed by atoms with Crippen molar-refractivity contribution in [1.82, 2.24) is 34.5 Å². The molecule has 0 aliphatic rings. The van der Waals surface area contributed by atoms with Gasteiger partial charge in [0, 0.05) is 23.5 Å². The molecule has 1 radical (unpaired) electrons. The summed E-state index contributed by atoms with van der Waals surface area (Å²) in [6.45, 7) is 1.84. The summed E-state index contributed by atoms with van der Waals surface area (Å²) >= 11 is 0. The first kappa shape index (κ1) is 45.7. The van der Waals surface area contributed by atoms with Crippen LogP contribution in [0.1, 0.15) is 18.1 Å². The lowest BCUT2D eigenvalue weighted by Crippen LogP contribution is -2.22. The Hall–Kier alpha value is -6.42. The molecule has 0 bridgehead atoms. The van der Waals surface area contributed by atoms with Crippen molar-refractivity contribution < 1.29 is 57.3 Å². The number of hydrogen-bond acceptors (Lipinski definition) is 23. The van der Waals surface area contributed by atoms with E-state index in [1.165, 1.54) is 19.1 Å². The molecule has 26 nitrogen and oxygen atoms in total. The minimum atomic E-state index is -4.91. The summed E-state index contributed by atoms with van der Waals surface area (Å²) in [5, 5.41) is 28.4. The van der Waals surface area contributed by atoms with Crippen molar-refractivity contribution in [2.45, 2.75) is 36.8 Å². The lowest BCUT2D eigenvalue weighted by molar-refractivity contribution is 0.120. The monoisotopic (exact) mass is 911 g/mol. The van der Waals surface area contributed by atoms with Gasteiger partial charge in [0.15, 0.2) is 21.4 Å². The maximum absolute atomic E-state index is 14.5. The summed E-state index contributed by atoms with van der Waals surface area (Å²) in [5.74, 6) is 2.35. The zero-order valence-corrected chi connectivity index (χ0v) is 33.5. The van der Waals surface area contributed by atoms with E-state index in [4.69, 9.17) is 10.4 Å². The van der Waals surface area contributed by atoms with Gasteiger partial charge in [-0.25, -0.2) is 18.5 Å². The topological polar surface area (TPSA) is 380 Å².